The van der Waals surface area contributed by atoms with Crippen molar-refractivity contribution in [1.29, 1.82) is 0 Å². The van der Waals surface area contributed by atoms with Crippen LogP contribution in [0.15, 0.2) is 5.38 Å². The highest BCUT2D eigenvalue weighted by Crippen LogP contribution is 2.08. The average molecular weight is 264 g/mol. The van der Waals surface area contributed by atoms with E-state index in [2.05, 4.69) is 24.1 Å². The number of thiazole rings is 1. The Hall–Kier alpha value is -0.650. The Balaban J connectivity index is 0.00000225. The first-order chi connectivity index (χ1) is 7.13. The summed E-state index contributed by atoms with van der Waals surface area (Å²) in [6.45, 7) is 5.35. The fourth-order valence-corrected chi connectivity index (χ4v) is 1.73. The lowest BCUT2D eigenvalue weighted by Crippen LogP contribution is -2.25. The van der Waals surface area contributed by atoms with Crippen LogP contribution in [0.3, 0.4) is 0 Å². The minimum atomic E-state index is -0.105. The van der Waals surface area contributed by atoms with Gasteiger partial charge in [0, 0.05) is 18.5 Å². The molecular formula is C10H18ClN3OS. The molecular weight excluding hydrogens is 246 g/mol. The van der Waals surface area contributed by atoms with E-state index in [9.17, 15) is 4.79 Å². The molecule has 0 saturated carbocycles. The maximum absolute atomic E-state index is 11.5. The summed E-state index contributed by atoms with van der Waals surface area (Å²) in [7, 11) is 0. The molecule has 1 aromatic heterocycles. The van der Waals surface area contributed by atoms with Crippen molar-refractivity contribution in [1.82, 2.24) is 10.3 Å². The standard InChI is InChI=1S/C10H17N3OS.ClH/c1-7(2)3-4-12-10(14)8-6-15-9(5-11)13-8;/h6-7H,3-5,11H2,1-2H3,(H,12,14);1H. The molecule has 0 fully saturated rings. The number of aromatic nitrogens is 1. The first kappa shape index (κ1) is 15.3. The highest BCUT2D eigenvalue weighted by molar-refractivity contribution is 7.09. The van der Waals surface area contributed by atoms with E-state index in [0.717, 1.165) is 11.4 Å². The third-order valence-corrected chi connectivity index (χ3v) is 2.84. The van der Waals surface area contributed by atoms with Gasteiger partial charge >= 0.3 is 0 Å². The largest absolute Gasteiger partial charge is 0.351 e. The van der Waals surface area contributed by atoms with Crippen LogP contribution in [0.2, 0.25) is 0 Å². The number of nitrogens with two attached hydrogens (primary N) is 1. The molecule has 0 unspecified atom stereocenters. The lowest BCUT2D eigenvalue weighted by Gasteiger charge is -2.05. The summed E-state index contributed by atoms with van der Waals surface area (Å²) < 4.78 is 0. The Labute approximate surface area is 106 Å². The van der Waals surface area contributed by atoms with Crippen LogP contribution in [-0.2, 0) is 6.54 Å². The molecule has 0 radical (unpaired) electrons. The lowest BCUT2D eigenvalue weighted by atomic mass is 10.1. The van der Waals surface area contributed by atoms with Crippen molar-refractivity contribution >= 4 is 29.7 Å². The van der Waals surface area contributed by atoms with Crippen molar-refractivity contribution < 1.29 is 4.79 Å². The van der Waals surface area contributed by atoms with Gasteiger partial charge in [0.2, 0.25) is 0 Å². The molecule has 0 atom stereocenters. The average Bonchev–Trinajstić information content (AvgIpc) is 2.65. The number of carbonyl (C=O) groups excluding carboxylic acids is 1. The molecule has 1 rings (SSSR count). The summed E-state index contributed by atoms with van der Waals surface area (Å²) in [5.74, 6) is 0.493. The third-order valence-electron chi connectivity index (χ3n) is 1.97. The van der Waals surface area contributed by atoms with Crippen LogP contribution >= 0.6 is 23.7 Å². The van der Waals surface area contributed by atoms with Crippen LogP contribution in [0.25, 0.3) is 0 Å². The fourth-order valence-electron chi connectivity index (χ4n) is 1.07. The zero-order chi connectivity index (χ0) is 11.3. The number of nitrogens with one attached hydrogen (secondary N) is 1. The summed E-state index contributed by atoms with van der Waals surface area (Å²) in [6, 6.07) is 0. The maximum atomic E-state index is 11.5. The molecule has 4 nitrogen and oxygen atoms in total. The summed E-state index contributed by atoms with van der Waals surface area (Å²) in [5.41, 5.74) is 5.90. The molecule has 0 spiro atoms. The SMILES string of the molecule is CC(C)CCNC(=O)c1csc(CN)n1.Cl. The smallest absolute Gasteiger partial charge is 0.270 e. The number of amides is 1. The van der Waals surface area contributed by atoms with Gasteiger partial charge in [-0.05, 0) is 12.3 Å². The molecule has 0 bridgehead atoms. The van der Waals surface area contributed by atoms with Crippen LogP contribution in [0, 0.1) is 5.92 Å². The fraction of sp³-hybridized carbons (Fsp3) is 0.600. The second-order valence-corrected chi connectivity index (χ2v) is 4.71. The van der Waals surface area contributed by atoms with Gasteiger partial charge in [0.25, 0.3) is 5.91 Å². The van der Waals surface area contributed by atoms with E-state index in [0.29, 0.717) is 24.7 Å². The number of rotatable bonds is 5. The quantitative estimate of drug-likeness (QED) is 0.851. The van der Waals surface area contributed by atoms with E-state index in [4.69, 9.17) is 5.73 Å². The monoisotopic (exact) mass is 263 g/mol. The second-order valence-electron chi connectivity index (χ2n) is 3.77. The van der Waals surface area contributed by atoms with E-state index >= 15 is 0 Å². The van der Waals surface area contributed by atoms with Crippen molar-refractivity contribution in [3.63, 3.8) is 0 Å². The molecule has 0 aliphatic rings. The summed E-state index contributed by atoms with van der Waals surface area (Å²) in [5, 5.41) is 5.37. The first-order valence-corrected chi connectivity index (χ1v) is 5.94. The van der Waals surface area contributed by atoms with Gasteiger partial charge in [-0.2, -0.15) is 0 Å². The highest BCUT2D eigenvalue weighted by atomic mass is 35.5. The molecule has 1 heterocycles. The Morgan fingerprint density at radius 3 is 2.81 bits per heavy atom. The van der Waals surface area contributed by atoms with Crippen molar-refractivity contribution in [2.24, 2.45) is 11.7 Å². The summed E-state index contributed by atoms with van der Waals surface area (Å²) >= 11 is 1.42. The Morgan fingerprint density at radius 1 is 1.62 bits per heavy atom. The molecule has 0 aliphatic heterocycles. The summed E-state index contributed by atoms with van der Waals surface area (Å²) in [6.07, 6.45) is 0.986. The molecule has 6 heteroatoms. The highest BCUT2D eigenvalue weighted by Gasteiger charge is 2.09. The third kappa shape index (κ3) is 4.92. The van der Waals surface area contributed by atoms with Gasteiger partial charge in [0.15, 0.2) is 0 Å². The molecule has 92 valence electrons. The predicted molar refractivity (Wildman–Crippen MR) is 69.0 cm³/mol. The van der Waals surface area contributed by atoms with Crippen LogP contribution in [0.4, 0.5) is 0 Å². The van der Waals surface area contributed by atoms with Crippen molar-refractivity contribution in [3.8, 4) is 0 Å². The van der Waals surface area contributed by atoms with Crippen LogP contribution in [0.5, 0.6) is 0 Å². The van der Waals surface area contributed by atoms with E-state index in [1.54, 1.807) is 5.38 Å². The molecule has 1 aromatic rings. The number of nitrogens with zero attached hydrogens (tertiary/aromatic N) is 1. The zero-order valence-corrected chi connectivity index (χ0v) is 11.2. The van der Waals surface area contributed by atoms with Crippen molar-refractivity contribution in [2.75, 3.05) is 6.54 Å². The zero-order valence-electron chi connectivity index (χ0n) is 9.53. The molecule has 1 amide bonds. The first-order valence-electron chi connectivity index (χ1n) is 5.06. The van der Waals surface area contributed by atoms with Crippen molar-refractivity contribution in [2.45, 2.75) is 26.8 Å². The van der Waals surface area contributed by atoms with Gasteiger partial charge < -0.3 is 11.1 Å². The van der Waals surface area contributed by atoms with Crippen LogP contribution < -0.4 is 11.1 Å². The van der Waals surface area contributed by atoms with Gasteiger partial charge in [-0.25, -0.2) is 4.98 Å². The van der Waals surface area contributed by atoms with Crippen molar-refractivity contribution in [3.05, 3.63) is 16.1 Å². The Kier molecular flexibility index (Phi) is 7.29. The van der Waals surface area contributed by atoms with Gasteiger partial charge in [0.05, 0.1) is 0 Å². The van der Waals surface area contributed by atoms with E-state index < -0.39 is 0 Å². The second kappa shape index (κ2) is 7.60. The molecule has 0 aliphatic carbocycles. The van der Waals surface area contributed by atoms with Gasteiger partial charge in [0.1, 0.15) is 10.7 Å². The van der Waals surface area contributed by atoms with Gasteiger partial charge in [-0.15, -0.1) is 23.7 Å². The maximum Gasteiger partial charge on any atom is 0.270 e. The van der Waals surface area contributed by atoms with Crippen LogP contribution in [-0.4, -0.2) is 17.4 Å². The summed E-state index contributed by atoms with van der Waals surface area (Å²) in [4.78, 5) is 15.7. The van der Waals surface area contributed by atoms with Gasteiger partial charge in [-0.3, -0.25) is 4.79 Å². The number of hydrogen-bond acceptors (Lipinski definition) is 4. The predicted octanol–water partition coefficient (Wildman–Crippen LogP) is 1.80. The lowest BCUT2D eigenvalue weighted by molar-refractivity contribution is 0.0947. The molecule has 0 saturated heterocycles. The van der Waals surface area contributed by atoms with E-state index in [-0.39, 0.29) is 18.3 Å². The Bertz CT molecular complexity index is 328. The Morgan fingerprint density at radius 2 is 2.31 bits per heavy atom. The minimum Gasteiger partial charge on any atom is -0.351 e. The normalized spacial score (nSPS) is 10.0. The van der Waals surface area contributed by atoms with E-state index in [1.807, 2.05) is 0 Å². The molecule has 16 heavy (non-hydrogen) atoms. The molecule has 3 N–H and O–H groups in total. The minimum absolute atomic E-state index is 0. The number of carbonyl (C=O) groups is 1. The molecule has 0 aromatic carbocycles. The number of hydrogen-bond donors (Lipinski definition) is 2. The topological polar surface area (TPSA) is 68.0 Å². The van der Waals surface area contributed by atoms with Crippen LogP contribution in [0.1, 0.15) is 35.8 Å². The van der Waals surface area contributed by atoms with E-state index in [1.165, 1.54) is 11.3 Å². The number of halogens is 1. The van der Waals surface area contributed by atoms with Gasteiger partial charge in [-0.1, -0.05) is 13.8 Å².